The van der Waals surface area contributed by atoms with Gasteiger partial charge in [-0.1, -0.05) is 0 Å². The van der Waals surface area contributed by atoms with Gasteiger partial charge in [-0.05, 0) is 77.3 Å². The number of nitrogens with zero attached hydrogens (tertiary/aromatic N) is 3. The average molecular weight is 401 g/mol. The molecule has 0 amide bonds. The Bertz CT molecular complexity index is 783. The third-order valence-corrected chi connectivity index (χ3v) is 6.62. The average Bonchev–Trinajstić information content (AvgIpc) is 3.31. The zero-order valence-corrected chi connectivity index (χ0v) is 18.0. The van der Waals surface area contributed by atoms with Crippen molar-refractivity contribution < 1.29 is 4.74 Å². The van der Waals surface area contributed by atoms with E-state index in [4.69, 9.17) is 10.5 Å². The third kappa shape index (κ3) is 4.28. The molecule has 2 N–H and O–H groups in total. The molecular formula is C22H32N4OS. The first-order valence-electron chi connectivity index (χ1n) is 10.4. The fourth-order valence-corrected chi connectivity index (χ4v) is 5.00. The van der Waals surface area contributed by atoms with Gasteiger partial charge < -0.3 is 15.4 Å². The number of anilines is 2. The highest BCUT2D eigenvalue weighted by Gasteiger charge is 2.30. The molecule has 2 fully saturated rings. The largest absolute Gasteiger partial charge is 0.489 e. The predicted octanol–water partition coefficient (Wildman–Crippen LogP) is 4.71. The fourth-order valence-electron chi connectivity index (χ4n) is 4.39. The molecule has 2 atom stereocenters. The first-order valence-corrected chi connectivity index (χ1v) is 11.3. The lowest BCUT2D eigenvalue weighted by Gasteiger charge is -2.41. The van der Waals surface area contributed by atoms with Crippen LogP contribution in [0.25, 0.3) is 0 Å². The Morgan fingerprint density at radius 3 is 2.54 bits per heavy atom. The summed E-state index contributed by atoms with van der Waals surface area (Å²) in [5.74, 6) is 0.971. The van der Waals surface area contributed by atoms with E-state index in [1.807, 2.05) is 0 Å². The molecule has 28 heavy (non-hydrogen) atoms. The molecule has 0 radical (unpaired) electrons. The number of aromatic nitrogens is 1. The van der Waals surface area contributed by atoms with Gasteiger partial charge in [0.1, 0.15) is 11.9 Å². The topological polar surface area (TPSA) is 54.6 Å². The van der Waals surface area contributed by atoms with Crippen molar-refractivity contribution in [1.82, 2.24) is 9.88 Å². The van der Waals surface area contributed by atoms with E-state index in [1.54, 1.807) is 0 Å². The minimum absolute atomic E-state index is 0.204. The smallest absolute Gasteiger partial charge is 0.180 e. The van der Waals surface area contributed by atoms with Crippen LogP contribution in [0.2, 0.25) is 0 Å². The Kier molecular flexibility index (Phi) is 5.52. The summed E-state index contributed by atoms with van der Waals surface area (Å²) in [4.78, 5) is 9.49. The normalized spacial score (nSPS) is 23.9. The second-order valence-electron chi connectivity index (χ2n) is 8.95. The second kappa shape index (κ2) is 7.91. The van der Waals surface area contributed by atoms with Gasteiger partial charge in [0.15, 0.2) is 5.13 Å². The van der Waals surface area contributed by atoms with Crippen LogP contribution in [-0.4, -0.2) is 41.2 Å². The van der Waals surface area contributed by atoms with Crippen LogP contribution in [0, 0.1) is 0 Å². The Morgan fingerprint density at radius 1 is 1.11 bits per heavy atom. The number of piperidine rings is 1. The number of thiazole rings is 1. The molecule has 0 unspecified atom stereocenters. The molecule has 6 heteroatoms. The van der Waals surface area contributed by atoms with Gasteiger partial charge in [-0.25, -0.2) is 4.98 Å². The summed E-state index contributed by atoms with van der Waals surface area (Å²) in [6.07, 6.45) is 4.92. The zero-order valence-electron chi connectivity index (χ0n) is 17.2. The summed E-state index contributed by atoms with van der Waals surface area (Å²) in [6.45, 7) is 10.1. The van der Waals surface area contributed by atoms with Gasteiger partial charge in [-0.3, -0.25) is 4.90 Å². The Labute approximate surface area is 172 Å². The molecule has 1 aromatic heterocycles. The lowest BCUT2D eigenvalue weighted by Crippen LogP contribution is -2.50. The lowest BCUT2D eigenvalue weighted by molar-refractivity contribution is 0.0347. The zero-order chi connectivity index (χ0) is 19.7. The van der Waals surface area contributed by atoms with E-state index in [-0.39, 0.29) is 11.6 Å². The number of rotatable bonds is 4. The van der Waals surface area contributed by atoms with Gasteiger partial charge in [0, 0.05) is 29.7 Å². The molecule has 5 nitrogen and oxygen atoms in total. The van der Waals surface area contributed by atoms with Gasteiger partial charge in [-0.15, -0.1) is 11.3 Å². The quantitative estimate of drug-likeness (QED) is 0.805. The van der Waals surface area contributed by atoms with Crippen molar-refractivity contribution >= 4 is 22.2 Å². The molecule has 3 heterocycles. The highest BCUT2D eigenvalue weighted by atomic mass is 32.1. The number of hydrogen-bond donors (Lipinski definition) is 1. The van der Waals surface area contributed by atoms with Gasteiger partial charge in [-0.2, -0.15) is 0 Å². The van der Waals surface area contributed by atoms with E-state index in [1.165, 1.54) is 36.4 Å². The van der Waals surface area contributed by atoms with E-state index >= 15 is 0 Å². The summed E-state index contributed by atoms with van der Waals surface area (Å²) in [5, 5.41) is 2.75. The maximum atomic E-state index is 6.33. The Hall–Kier alpha value is -1.79. The highest BCUT2D eigenvalue weighted by molar-refractivity contribution is 7.13. The molecule has 2 saturated heterocycles. The standard InChI is InChI=1S/C22H32N4OS/c1-22(2,3)25-12-4-6-18(14-25)27-17-10-8-16(9-11-17)26-13-5-7-20(26)19-15-28-21(23)24-19/h8-11,15,18,20H,4-7,12-14H2,1-3H3,(H2,23,24)/t18-,20+/m0/s1. The van der Waals surface area contributed by atoms with E-state index in [0.29, 0.717) is 11.2 Å². The van der Waals surface area contributed by atoms with Crippen LogP contribution in [0.15, 0.2) is 29.6 Å². The summed E-state index contributed by atoms with van der Waals surface area (Å²) in [7, 11) is 0. The maximum Gasteiger partial charge on any atom is 0.180 e. The van der Waals surface area contributed by atoms with Gasteiger partial charge in [0.05, 0.1) is 11.7 Å². The molecule has 0 saturated carbocycles. The minimum atomic E-state index is 0.204. The lowest BCUT2D eigenvalue weighted by atomic mass is 9.99. The second-order valence-corrected chi connectivity index (χ2v) is 9.84. The van der Waals surface area contributed by atoms with Crippen LogP contribution in [0.5, 0.6) is 5.75 Å². The van der Waals surface area contributed by atoms with Crippen LogP contribution in [0.1, 0.15) is 58.2 Å². The number of likely N-dealkylation sites (tertiary alicyclic amines) is 1. The number of nitrogen functional groups attached to an aromatic ring is 1. The number of nitrogens with two attached hydrogens (primary N) is 1. The number of hydrogen-bond acceptors (Lipinski definition) is 6. The molecule has 4 rings (SSSR count). The Morgan fingerprint density at radius 2 is 1.86 bits per heavy atom. The summed E-state index contributed by atoms with van der Waals surface area (Å²) in [5.41, 5.74) is 8.39. The molecule has 0 spiro atoms. The Balaban J connectivity index is 1.41. The molecule has 0 aliphatic carbocycles. The first kappa shape index (κ1) is 19.5. The molecule has 2 aromatic rings. The van der Waals surface area contributed by atoms with E-state index in [0.717, 1.165) is 37.4 Å². The third-order valence-electron chi connectivity index (χ3n) is 5.93. The number of ether oxygens (including phenoxy) is 1. The van der Waals surface area contributed by atoms with Crippen LogP contribution in [0.4, 0.5) is 10.8 Å². The van der Waals surface area contributed by atoms with E-state index in [2.05, 4.69) is 65.2 Å². The van der Waals surface area contributed by atoms with Crippen molar-refractivity contribution in [3.05, 3.63) is 35.3 Å². The fraction of sp³-hybridized carbons (Fsp3) is 0.591. The molecule has 2 aliphatic heterocycles. The summed E-state index contributed by atoms with van der Waals surface area (Å²) < 4.78 is 6.33. The molecular weight excluding hydrogens is 368 g/mol. The molecule has 1 aromatic carbocycles. The molecule has 0 bridgehead atoms. The van der Waals surface area contributed by atoms with Gasteiger partial charge >= 0.3 is 0 Å². The highest BCUT2D eigenvalue weighted by Crippen LogP contribution is 2.37. The predicted molar refractivity (Wildman–Crippen MR) is 117 cm³/mol. The van der Waals surface area contributed by atoms with Crippen molar-refractivity contribution in [3.8, 4) is 5.75 Å². The number of benzene rings is 1. The van der Waals surface area contributed by atoms with Gasteiger partial charge in [0.25, 0.3) is 0 Å². The SMILES string of the molecule is CC(C)(C)N1CCC[C@H](Oc2ccc(N3CCC[C@@H]3c3csc(N)n3)cc2)C1. The van der Waals surface area contributed by atoms with Crippen molar-refractivity contribution in [2.24, 2.45) is 0 Å². The van der Waals surface area contributed by atoms with Crippen molar-refractivity contribution in [3.63, 3.8) is 0 Å². The van der Waals surface area contributed by atoms with Crippen LogP contribution < -0.4 is 15.4 Å². The van der Waals surface area contributed by atoms with Gasteiger partial charge in [0.2, 0.25) is 0 Å². The van der Waals surface area contributed by atoms with Crippen LogP contribution in [0.3, 0.4) is 0 Å². The van der Waals surface area contributed by atoms with Crippen LogP contribution in [-0.2, 0) is 0 Å². The van der Waals surface area contributed by atoms with Crippen molar-refractivity contribution in [2.45, 2.75) is 64.1 Å². The maximum absolute atomic E-state index is 6.33. The van der Waals surface area contributed by atoms with Crippen molar-refractivity contribution in [2.75, 3.05) is 30.3 Å². The molecule has 152 valence electrons. The first-order chi connectivity index (χ1) is 13.4. The van der Waals surface area contributed by atoms with E-state index in [9.17, 15) is 0 Å². The molecule has 2 aliphatic rings. The summed E-state index contributed by atoms with van der Waals surface area (Å²) >= 11 is 1.53. The summed E-state index contributed by atoms with van der Waals surface area (Å²) in [6, 6.07) is 8.95. The minimum Gasteiger partial charge on any atom is -0.489 e. The van der Waals surface area contributed by atoms with Crippen LogP contribution >= 0.6 is 11.3 Å². The van der Waals surface area contributed by atoms with Crippen molar-refractivity contribution in [1.29, 1.82) is 0 Å². The van der Waals surface area contributed by atoms with E-state index < -0.39 is 0 Å². The monoisotopic (exact) mass is 400 g/mol.